The SMILES string of the molecule is CCCCC1=C(c2cc(Cl)ccc2C)CCN(C(=O)Oc2ccc(Cl)cc2)C1c1ccc(OCCCCN2CCN(C)CC2)cc1. The van der Waals surface area contributed by atoms with E-state index in [-0.39, 0.29) is 12.1 Å². The van der Waals surface area contributed by atoms with Crippen molar-refractivity contribution in [2.75, 3.05) is 52.9 Å². The number of halogens is 2. The highest BCUT2D eigenvalue weighted by molar-refractivity contribution is 6.31. The zero-order valence-electron chi connectivity index (χ0n) is 27.4. The summed E-state index contributed by atoms with van der Waals surface area (Å²) in [5, 5.41) is 1.31. The normalized spacial score (nSPS) is 17.8. The van der Waals surface area contributed by atoms with Gasteiger partial charge in [0, 0.05) is 42.8 Å². The number of unbranched alkanes of at least 4 members (excludes halogenated alkanes) is 2. The molecule has 2 heterocycles. The number of nitrogens with zero attached hydrogens (tertiary/aromatic N) is 3. The topological polar surface area (TPSA) is 45.3 Å². The molecule has 46 heavy (non-hydrogen) atoms. The molecule has 3 aromatic rings. The molecule has 5 rings (SSSR count). The zero-order valence-corrected chi connectivity index (χ0v) is 29.0. The summed E-state index contributed by atoms with van der Waals surface area (Å²) in [6.07, 6.45) is 5.45. The van der Waals surface area contributed by atoms with Gasteiger partial charge in [0.25, 0.3) is 0 Å². The summed E-state index contributed by atoms with van der Waals surface area (Å²) in [7, 11) is 2.19. The van der Waals surface area contributed by atoms with Crippen LogP contribution in [0.5, 0.6) is 11.5 Å². The molecule has 1 atom stereocenters. The summed E-state index contributed by atoms with van der Waals surface area (Å²) < 4.78 is 12.1. The summed E-state index contributed by atoms with van der Waals surface area (Å²) in [5.41, 5.74) is 5.89. The molecule has 0 N–H and O–H groups in total. The highest BCUT2D eigenvalue weighted by Crippen LogP contribution is 2.44. The minimum atomic E-state index is -0.371. The Morgan fingerprint density at radius 1 is 0.848 bits per heavy atom. The molecule has 1 unspecified atom stereocenters. The minimum absolute atomic E-state index is 0.272. The van der Waals surface area contributed by atoms with E-state index in [9.17, 15) is 4.79 Å². The highest BCUT2D eigenvalue weighted by atomic mass is 35.5. The van der Waals surface area contributed by atoms with Gasteiger partial charge < -0.3 is 19.3 Å². The second-order valence-corrected chi connectivity index (χ2v) is 13.4. The Labute approximate surface area is 284 Å². The first-order valence-electron chi connectivity index (χ1n) is 16.7. The number of carbonyl (C=O) groups is 1. The third-order valence-corrected chi connectivity index (χ3v) is 9.63. The Hall–Kier alpha value is -3.03. The molecule has 0 spiro atoms. The van der Waals surface area contributed by atoms with Crippen LogP contribution in [0.3, 0.4) is 0 Å². The maximum Gasteiger partial charge on any atom is 0.416 e. The third kappa shape index (κ3) is 9.07. The van der Waals surface area contributed by atoms with E-state index in [1.54, 1.807) is 24.3 Å². The van der Waals surface area contributed by atoms with Crippen LogP contribution in [0.4, 0.5) is 4.79 Å². The summed E-state index contributed by atoms with van der Waals surface area (Å²) in [5.74, 6) is 1.32. The predicted molar refractivity (Wildman–Crippen MR) is 189 cm³/mol. The van der Waals surface area contributed by atoms with Crippen molar-refractivity contribution < 1.29 is 14.3 Å². The average Bonchev–Trinajstić information content (AvgIpc) is 3.06. The molecule has 3 aromatic carbocycles. The van der Waals surface area contributed by atoms with Crippen LogP contribution in [0.1, 0.15) is 68.2 Å². The molecule has 0 bridgehead atoms. The number of aryl methyl sites for hydroxylation is 1. The lowest BCUT2D eigenvalue weighted by Gasteiger charge is -2.39. The number of amides is 1. The van der Waals surface area contributed by atoms with Gasteiger partial charge in [-0.3, -0.25) is 4.90 Å². The highest BCUT2D eigenvalue weighted by Gasteiger charge is 2.35. The number of ether oxygens (including phenoxy) is 2. The van der Waals surface area contributed by atoms with Gasteiger partial charge >= 0.3 is 6.09 Å². The van der Waals surface area contributed by atoms with E-state index in [1.807, 2.05) is 23.1 Å². The maximum atomic E-state index is 13.8. The number of rotatable bonds is 12. The van der Waals surface area contributed by atoms with Crippen LogP contribution in [-0.2, 0) is 0 Å². The lowest BCUT2D eigenvalue weighted by Crippen LogP contribution is -2.44. The first-order valence-corrected chi connectivity index (χ1v) is 17.4. The molecule has 1 amide bonds. The van der Waals surface area contributed by atoms with E-state index in [2.05, 4.69) is 55.0 Å². The summed E-state index contributed by atoms with van der Waals surface area (Å²) >= 11 is 12.6. The molecular formula is C38H47Cl2N3O3. The van der Waals surface area contributed by atoms with Crippen LogP contribution in [-0.4, -0.2) is 73.7 Å². The Balaban J connectivity index is 1.36. The van der Waals surface area contributed by atoms with Gasteiger partial charge in [0.15, 0.2) is 0 Å². The number of hydrogen-bond acceptors (Lipinski definition) is 5. The van der Waals surface area contributed by atoms with Gasteiger partial charge in [-0.15, -0.1) is 0 Å². The van der Waals surface area contributed by atoms with Crippen LogP contribution in [0.25, 0.3) is 5.57 Å². The fourth-order valence-corrected chi connectivity index (χ4v) is 6.74. The van der Waals surface area contributed by atoms with E-state index < -0.39 is 0 Å². The first kappa shape index (κ1) is 34.3. The standard InChI is InChI=1S/C38H47Cl2N3O3/c1-4-5-8-35-34(36-27-31(40)12-9-28(36)2)19-21-43(38(44)46-33-17-13-30(39)14-18-33)37(35)29-10-15-32(16-11-29)45-26-7-6-20-42-24-22-41(3)23-25-42/h9-18,27,37H,4-8,19-26H2,1-3H3. The first-order chi connectivity index (χ1) is 22.3. The molecule has 2 aliphatic rings. The quantitative estimate of drug-likeness (QED) is 0.181. The molecule has 246 valence electrons. The summed E-state index contributed by atoms with van der Waals surface area (Å²) in [6, 6.07) is 21.0. The number of hydrogen-bond donors (Lipinski definition) is 0. The van der Waals surface area contributed by atoms with E-state index in [0.717, 1.165) is 88.1 Å². The molecule has 0 aliphatic carbocycles. The van der Waals surface area contributed by atoms with Crippen LogP contribution in [0, 0.1) is 6.92 Å². The number of likely N-dealkylation sites (N-methyl/N-ethyl adjacent to an activating group) is 1. The lowest BCUT2D eigenvalue weighted by molar-refractivity contribution is 0.136. The number of piperazine rings is 1. The lowest BCUT2D eigenvalue weighted by atomic mass is 9.81. The van der Waals surface area contributed by atoms with Crippen LogP contribution in [0.2, 0.25) is 10.0 Å². The van der Waals surface area contributed by atoms with Crippen molar-refractivity contribution in [2.24, 2.45) is 0 Å². The van der Waals surface area contributed by atoms with Gasteiger partial charge in [-0.2, -0.15) is 0 Å². The third-order valence-electron chi connectivity index (χ3n) is 9.14. The largest absolute Gasteiger partial charge is 0.494 e. The van der Waals surface area contributed by atoms with Gasteiger partial charge in [0.1, 0.15) is 11.5 Å². The van der Waals surface area contributed by atoms with Crippen molar-refractivity contribution in [3.63, 3.8) is 0 Å². The van der Waals surface area contributed by atoms with Crippen LogP contribution in [0.15, 0.2) is 72.3 Å². The Bertz CT molecular complexity index is 1470. The molecule has 1 fully saturated rings. The second-order valence-electron chi connectivity index (χ2n) is 12.5. The van der Waals surface area contributed by atoms with Crippen molar-refractivity contribution in [3.8, 4) is 11.5 Å². The summed E-state index contributed by atoms with van der Waals surface area (Å²) in [4.78, 5) is 20.6. The minimum Gasteiger partial charge on any atom is -0.494 e. The van der Waals surface area contributed by atoms with Gasteiger partial charge in [-0.05, 0) is 129 Å². The fraction of sp³-hybridized carbons (Fsp3) is 0.447. The second kappa shape index (κ2) is 16.7. The van der Waals surface area contributed by atoms with Gasteiger partial charge in [-0.1, -0.05) is 54.7 Å². The Morgan fingerprint density at radius 3 is 2.26 bits per heavy atom. The molecule has 6 nitrogen and oxygen atoms in total. The molecule has 8 heteroatoms. The number of carbonyl (C=O) groups excluding carboxylic acids is 1. The van der Waals surface area contributed by atoms with Crippen molar-refractivity contribution in [3.05, 3.63) is 99.0 Å². The molecule has 0 saturated carbocycles. The van der Waals surface area contributed by atoms with Gasteiger partial charge in [0.05, 0.1) is 12.6 Å². The number of benzene rings is 3. The molecule has 1 saturated heterocycles. The smallest absolute Gasteiger partial charge is 0.416 e. The van der Waals surface area contributed by atoms with E-state index in [0.29, 0.717) is 28.9 Å². The molecule has 2 aliphatic heterocycles. The average molecular weight is 665 g/mol. The van der Waals surface area contributed by atoms with Crippen molar-refractivity contribution >= 4 is 34.9 Å². The van der Waals surface area contributed by atoms with E-state index in [1.165, 1.54) is 16.7 Å². The van der Waals surface area contributed by atoms with Crippen molar-refractivity contribution in [2.45, 2.75) is 58.4 Å². The predicted octanol–water partition coefficient (Wildman–Crippen LogP) is 9.30. The maximum absolute atomic E-state index is 13.8. The summed E-state index contributed by atoms with van der Waals surface area (Å²) in [6.45, 7) is 11.3. The monoisotopic (exact) mass is 663 g/mol. The van der Waals surface area contributed by atoms with E-state index in [4.69, 9.17) is 32.7 Å². The fourth-order valence-electron chi connectivity index (χ4n) is 6.44. The van der Waals surface area contributed by atoms with Crippen LogP contribution >= 0.6 is 23.2 Å². The zero-order chi connectivity index (χ0) is 32.5. The molecule has 0 aromatic heterocycles. The molecular weight excluding hydrogens is 617 g/mol. The Morgan fingerprint density at radius 2 is 1.54 bits per heavy atom. The van der Waals surface area contributed by atoms with Crippen molar-refractivity contribution in [1.29, 1.82) is 0 Å². The van der Waals surface area contributed by atoms with Crippen molar-refractivity contribution in [1.82, 2.24) is 14.7 Å². The molecule has 0 radical (unpaired) electrons. The van der Waals surface area contributed by atoms with Crippen LogP contribution < -0.4 is 9.47 Å². The van der Waals surface area contributed by atoms with Gasteiger partial charge in [-0.25, -0.2) is 4.79 Å². The van der Waals surface area contributed by atoms with E-state index >= 15 is 0 Å². The Kier molecular flexibility index (Phi) is 12.4. The van der Waals surface area contributed by atoms with Gasteiger partial charge in [0.2, 0.25) is 0 Å².